The van der Waals surface area contributed by atoms with Gasteiger partial charge in [0.1, 0.15) is 0 Å². The average molecular weight is 524 g/mol. The van der Waals surface area contributed by atoms with Crippen LogP contribution in [0.4, 0.5) is 0 Å². The molecule has 0 radical (unpaired) electrons. The minimum atomic E-state index is -0.179. The zero-order chi connectivity index (χ0) is 26.2. The van der Waals surface area contributed by atoms with E-state index in [1.165, 1.54) is 11.3 Å². The lowest BCUT2D eigenvalue weighted by Crippen LogP contribution is -2.51. The molecule has 2 aromatic rings. The van der Waals surface area contributed by atoms with E-state index in [4.69, 9.17) is 17.4 Å². The fourth-order valence-electron chi connectivity index (χ4n) is 6.70. The molecule has 2 amide bonds. The van der Waals surface area contributed by atoms with Crippen molar-refractivity contribution in [3.05, 3.63) is 47.5 Å². The number of piperazine rings is 1. The number of imide groups is 1. The van der Waals surface area contributed by atoms with Gasteiger partial charge in [-0.3, -0.25) is 24.3 Å². The lowest BCUT2D eigenvalue weighted by atomic mass is 9.71. The maximum absolute atomic E-state index is 13.1. The highest BCUT2D eigenvalue weighted by Gasteiger charge is 2.34. The van der Waals surface area contributed by atoms with Gasteiger partial charge in [0, 0.05) is 67.6 Å². The minimum Gasteiger partial charge on any atom is -0.377 e. The average Bonchev–Trinajstić information content (AvgIpc) is 2.85. The van der Waals surface area contributed by atoms with Gasteiger partial charge in [0.15, 0.2) is 0 Å². The van der Waals surface area contributed by atoms with E-state index >= 15 is 0 Å². The van der Waals surface area contributed by atoms with Gasteiger partial charge in [0.2, 0.25) is 0 Å². The predicted molar refractivity (Wildman–Crippen MR) is 152 cm³/mol. The highest BCUT2D eigenvalue weighted by atomic mass is 32.1. The van der Waals surface area contributed by atoms with E-state index in [0.29, 0.717) is 42.3 Å². The van der Waals surface area contributed by atoms with Crippen molar-refractivity contribution in [1.29, 1.82) is 0 Å². The molecule has 200 valence electrons. The van der Waals surface area contributed by atoms with Crippen molar-refractivity contribution in [3.8, 4) is 0 Å². The number of ether oxygens (including phenoxy) is 1. The van der Waals surface area contributed by atoms with Gasteiger partial charge in [-0.25, -0.2) is 0 Å². The Morgan fingerprint density at radius 3 is 2.19 bits per heavy atom. The molecule has 2 aliphatic heterocycles. The van der Waals surface area contributed by atoms with Crippen molar-refractivity contribution >= 4 is 35.2 Å². The first-order valence-electron chi connectivity index (χ1n) is 13.8. The summed E-state index contributed by atoms with van der Waals surface area (Å²) in [6.45, 7) is 13.6. The van der Waals surface area contributed by atoms with Gasteiger partial charge in [0.25, 0.3) is 11.8 Å². The maximum atomic E-state index is 13.1. The number of benzene rings is 2. The van der Waals surface area contributed by atoms with E-state index < -0.39 is 0 Å². The molecule has 2 heterocycles. The molecule has 5 rings (SSSR count). The second-order valence-corrected chi connectivity index (χ2v) is 12.9. The van der Waals surface area contributed by atoms with Crippen LogP contribution in [0, 0.1) is 11.3 Å². The quantitative estimate of drug-likeness (QED) is 0.405. The van der Waals surface area contributed by atoms with Gasteiger partial charge in [-0.1, -0.05) is 45.0 Å². The third kappa shape index (κ3) is 6.06. The molecular formula is C30H41N3O3S. The molecule has 6 nitrogen and oxygen atoms in total. The van der Waals surface area contributed by atoms with E-state index in [1.807, 2.05) is 36.4 Å². The SMILES string of the molecule is C[C@@H]1C[C@H](OC[C@H](S)CN2CCN(CCN3C(=O)c4cccc5cccc(c45)C3=O)CC2)CC(C)(C)C1. The van der Waals surface area contributed by atoms with Crippen LogP contribution >= 0.6 is 12.6 Å². The maximum Gasteiger partial charge on any atom is 0.261 e. The van der Waals surface area contributed by atoms with Crippen molar-refractivity contribution < 1.29 is 14.3 Å². The lowest BCUT2D eigenvalue weighted by Gasteiger charge is -2.39. The summed E-state index contributed by atoms with van der Waals surface area (Å²) in [5.74, 6) is 0.363. The fraction of sp³-hybridized carbons (Fsp3) is 0.600. The summed E-state index contributed by atoms with van der Waals surface area (Å²) in [6, 6.07) is 11.4. The molecule has 3 atom stereocenters. The lowest BCUT2D eigenvalue weighted by molar-refractivity contribution is -0.0243. The van der Waals surface area contributed by atoms with Crippen LogP contribution in [0.3, 0.4) is 0 Å². The standard InChI is InChI=1S/C30H41N3O3S/c1-21-16-23(18-30(2,3)17-21)36-20-24(37)19-32-12-10-31(11-13-32)14-15-33-28(34)25-8-4-6-22-7-5-9-26(27(22)25)29(33)35/h4-9,21,23-24,37H,10-20H2,1-3H3/t21-,23+,24-/m1/s1. The normalized spacial score (nSPS) is 25.6. The van der Waals surface area contributed by atoms with Gasteiger partial charge in [0.05, 0.1) is 12.7 Å². The van der Waals surface area contributed by atoms with E-state index in [-0.39, 0.29) is 17.1 Å². The van der Waals surface area contributed by atoms with Crippen molar-refractivity contribution in [2.75, 3.05) is 52.4 Å². The van der Waals surface area contributed by atoms with E-state index in [0.717, 1.165) is 62.3 Å². The Balaban J connectivity index is 1.07. The number of carbonyl (C=O) groups excluding carboxylic acids is 2. The van der Waals surface area contributed by atoms with Crippen LogP contribution in [-0.2, 0) is 4.74 Å². The summed E-state index contributed by atoms with van der Waals surface area (Å²) in [5.41, 5.74) is 1.63. The molecule has 2 fully saturated rings. The highest BCUT2D eigenvalue weighted by Crippen LogP contribution is 2.39. The fourth-order valence-corrected chi connectivity index (χ4v) is 7.02. The Bertz CT molecular complexity index is 1090. The number of rotatable bonds is 8. The smallest absolute Gasteiger partial charge is 0.261 e. The molecule has 1 saturated heterocycles. The number of thiol groups is 1. The van der Waals surface area contributed by atoms with E-state index in [1.54, 1.807) is 0 Å². The van der Waals surface area contributed by atoms with Crippen LogP contribution in [0.5, 0.6) is 0 Å². The zero-order valence-corrected chi connectivity index (χ0v) is 23.4. The highest BCUT2D eigenvalue weighted by molar-refractivity contribution is 7.81. The van der Waals surface area contributed by atoms with E-state index in [2.05, 4.69) is 30.6 Å². The Morgan fingerprint density at radius 1 is 0.946 bits per heavy atom. The molecule has 0 bridgehead atoms. The van der Waals surface area contributed by atoms with Gasteiger partial charge in [-0.05, 0) is 48.1 Å². The van der Waals surface area contributed by atoms with Gasteiger partial charge in [-0.15, -0.1) is 0 Å². The minimum absolute atomic E-state index is 0.179. The topological polar surface area (TPSA) is 53.1 Å². The summed E-state index contributed by atoms with van der Waals surface area (Å²) in [4.78, 5) is 32.5. The third-order valence-electron chi connectivity index (χ3n) is 8.30. The second-order valence-electron chi connectivity index (χ2n) is 12.1. The Kier molecular flexibility index (Phi) is 7.96. The number of hydrogen-bond acceptors (Lipinski definition) is 6. The van der Waals surface area contributed by atoms with E-state index in [9.17, 15) is 9.59 Å². The van der Waals surface area contributed by atoms with Crippen molar-refractivity contribution in [1.82, 2.24) is 14.7 Å². The van der Waals surface area contributed by atoms with Crippen molar-refractivity contribution in [2.24, 2.45) is 11.3 Å². The van der Waals surface area contributed by atoms with Crippen molar-refractivity contribution in [3.63, 3.8) is 0 Å². The second kappa shape index (κ2) is 11.0. The van der Waals surface area contributed by atoms with Crippen molar-refractivity contribution in [2.45, 2.75) is 51.4 Å². The van der Waals surface area contributed by atoms with Gasteiger partial charge < -0.3 is 4.74 Å². The summed E-state index contributed by atoms with van der Waals surface area (Å²) >= 11 is 4.84. The van der Waals surface area contributed by atoms with Crippen LogP contribution < -0.4 is 0 Å². The molecule has 3 aliphatic rings. The van der Waals surface area contributed by atoms with Gasteiger partial charge in [-0.2, -0.15) is 12.6 Å². The molecule has 2 aromatic carbocycles. The summed E-state index contributed by atoms with van der Waals surface area (Å²) < 4.78 is 6.30. The molecule has 0 N–H and O–H groups in total. The number of hydrogen-bond donors (Lipinski definition) is 1. The largest absolute Gasteiger partial charge is 0.377 e. The summed E-state index contributed by atoms with van der Waals surface area (Å²) in [7, 11) is 0. The van der Waals surface area contributed by atoms with Crippen LogP contribution in [0.15, 0.2) is 36.4 Å². The van der Waals surface area contributed by atoms with Crippen LogP contribution in [0.2, 0.25) is 0 Å². The first-order chi connectivity index (χ1) is 17.7. The molecule has 0 spiro atoms. The first kappa shape index (κ1) is 26.7. The molecule has 7 heteroatoms. The van der Waals surface area contributed by atoms with Gasteiger partial charge >= 0.3 is 0 Å². The summed E-state index contributed by atoms with van der Waals surface area (Å²) in [5, 5.41) is 1.94. The Labute approximate surface area is 226 Å². The molecular weight excluding hydrogens is 482 g/mol. The Morgan fingerprint density at radius 2 is 1.57 bits per heavy atom. The molecule has 0 unspecified atom stereocenters. The zero-order valence-electron chi connectivity index (χ0n) is 22.5. The molecule has 1 aliphatic carbocycles. The first-order valence-corrected chi connectivity index (χ1v) is 14.3. The molecule has 37 heavy (non-hydrogen) atoms. The monoisotopic (exact) mass is 523 g/mol. The Hall–Kier alpha value is -1.93. The number of amides is 2. The summed E-state index contributed by atoms with van der Waals surface area (Å²) in [6.07, 6.45) is 3.93. The predicted octanol–water partition coefficient (Wildman–Crippen LogP) is 4.58. The van der Waals surface area contributed by atoms with Crippen LogP contribution in [0.1, 0.15) is 60.7 Å². The van der Waals surface area contributed by atoms with Crippen LogP contribution in [0.25, 0.3) is 10.8 Å². The molecule has 1 saturated carbocycles. The van der Waals surface area contributed by atoms with Crippen LogP contribution in [-0.4, -0.2) is 90.3 Å². The third-order valence-corrected chi connectivity index (χ3v) is 8.61. The number of nitrogens with zero attached hydrogens (tertiary/aromatic N) is 3. The molecule has 0 aromatic heterocycles. The number of carbonyl (C=O) groups is 2.